The van der Waals surface area contributed by atoms with E-state index in [1.54, 1.807) is 18.2 Å². The molecule has 0 radical (unpaired) electrons. The highest BCUT2D eigenvalue weighted by Crippen LogP contribution is 2.28. The molecule has 138 valence electrons. The first-order valence-corrected chi connectivity index (χ1v) is 8.73. The van der Waals surface area contributed by atoms with Crippen LogP contribution in [0.5, 0.6) is 5.75 Å². The maximum Gasteiger partial charge on any atom is 0.419 e. The van der Waals surface area contributed by atoms with E-state index >= 15 is 0 Å². The molecule has 9 nitrogen and oxygen atoms in total. The second kappa shape index (κ2) is 8.36. The summed E-state index contributed by atoms with van der Waals surface area (Å²) in [7, 11) is 0. The van der Waals surface area contributed by atoms with Crippen LogP contribution in [0.3, 0.4) is 0 Å². The number of benzene rings is 1. The van der Waals surface area contributed by atoms with Gasteiger partial charge in [0.05, 0.1) is 0 Å². The van der Waals surface area contributed by atoms with E-state index in [1.807, 2.05) is 11.0 Å². The van der Waals surface area contributed by atoms with Crippen LogP contribution in [-0.4, -0.2) is 39.1 Å². The first-order chi connectivity index (χ1) is 12.5. The molecular weight excluding hydrogens is 378 g/mol. The van der Waals surface area contributed by atoms with Crippen LogP contribution in [0.15, 0.2) is 24.3 Å². The Kier molecular flexibility index (Phi) is 5.93. The van der Waals surface area contributed by atoms with E-state index in [4.69, 9.17) is 34.4 Å². The van der Waals surface area contributed by atoms with Crippen molar-refractivity contribution < 1.29 is 19.7 Å². The number of nitrogens with one attached hydrogen (secondary N) is 3. The number of rotatable bonds is 4. The Morgan fingerprint density at radius 2 is 2.19 bits per heavy atom. The number of carbonyl (C=O) groups excluding carboxylic acids is 1. The molecule has 1 aromatic heterocycles. The van der Waals surface area contributed by atoms with Crippen LogP contribution >= 0.6 is 24.4 Å². The van der Waals surface area contributed by atoms with Gasteiger partial charge in [-0.1, -0.05) is 6.07 Å². The van der Waals surface area contributed by atoms with Crippen molar-refractivity contribution in [3.63, 3.8) is 0 Å². The Morgan fingerprint density at radius 3 is 2.96 bits per heavy atom. The summed E-state index contributed by atoms with van der Waals surface area (Å²) in [6, 6.07) is 6.96. The Balaban J connectivity index is 1.71. The molecule has 4 N–H and O–H groups in total. The quantitative estimate of drug-likeness (QED) is 0.352. The fourth-order valence-corrected chi connectivity index (χ4v) is 3.16. The summed E-state index contributed by atoms with van der Waals surface area (Å²) in [5, 5.41) is 11.5. The summed E-state index contributed by atoms with van der Waals surface area (Å²) < 4.78 is 5.66. The van der Waals surface area contributed by atoms with Gasteiger partial charge in [0.15, 0.2) is 11.0 Å². The Bertz CT molecular complexity index is 872. The number of amides is 1. The molecule has 1 atom stereocenters. The van der Waals surface area contributed by atoms with Crippen LogP contribution in [0, 0.1) is 9.54 Å². The number of hydrogen-bond acceptors (Lipinski definition) is 8. The highest BCUT2D eigenvalue weighted by molar-refractivity contribution is 7.71. The van der Waals surface area contributed by atoms with Crippen molar-refractivity contribution in [1.29, 1.82) is 0 Å². The normalized spacial score (nSPS) is 17.0. The smallest absolute Gasteiger partial charge is 0.410 e. The summed E-state index contributed by atoms with van der Waals surface area (Å²) in [5.41, 5.74) is 0.786. The first-order valence-electron chi connectivity index (χ1n) is 7.91. The molecule has 2 aromatic rings. The number of ether oxygens (including phenoxy) is 1. The van der Waals surface area contributed by atoms with Gasteiger partial charge >= 0.3 is 6.09 Å². The lowest BCUT2D eigenvalue weighted by molar-refractivity contribution is -0.281. The topological polar surface area (TPSA) is 116 Å². The van der Waals surface area contributed by atoms with E-state index in [0.29, 0.717) is 5.75 Å². The van der Waals surface area contributed by atoms with Crippen LogP contribution < -0.4 is 15.0 Å². The minimum Gasteiger partial charge on any atom is -0.410 e. The lowest BCUT2D eigenvalue weighted by Crippen LogP contribution is -2.40. The fourth-order valence-electron chi connectivity index (χ4n) is 2.71. The molecule has 26 heavy (non-hydrogen) atoms. The third-order valence-corrected chi connectivity index (χ3v) is 4.21. The molecule has 2 heterocycles. The molecule has 1 amide bonds. The molecule has 1 aliphatic rings. The minimum absolute atomic E-state index is 0.0877. The van der Waals surface area contributed by atoms with Gasteiger partial charge in [-0.15, -0.1) is 0 Å². The number of anilines is 2. The Hall–Kier alpha value is -2.34. The van der Waals surface area contributed by atoms with Crippen LogP contribution in [0.2, 0.25) is 0 Å². The first kappa shape index (κ1) is 18.5. The molecule has 1 fully saturated rings. The summed E-state index contributed by atoms with van der Waals surface area (Å²) in [4.78, 5) is 27.7. The van der Waals surface area contributed by atoms with Crippen molar-refractivity contribution in [1.82, 2.24) is 15.0 Å². The zero-order chi connectivity index (χ0) is 18.5. The van der Waals surface area contributed by atoms with Crippen LogP contribution in [0.4, 0.5) is 16.4 Å². The molecule has 1 saturated heterocycles. The van der Waals surface area contributed by atoms with Crippen LogP contribution in [-0.2, 0) is 4.89 Å². The van der Waals surface area contributed by atoms with Crippen molar-refractivity contribution in [3.05, 3.63) is 33.8 Å². The van der Waals surface area contributed by atoms with Gasteiger partial charge < -0.3 is 19.6 Å². The van der Waals surface area contributed by atoms with Crippen molar-refractivity contribution in [2.24, 2.45) is 0 Å². The van der Waals surface area contributed by atoms with Crippen molar-refractivity contribution >= 4 is 42.2 Å². The maximum atomic E-state index is 12.1. The van der Waals surface area contributed by atoms with E-state index in [9.17, 15) is 4.79 Å². The number of nitrogens with zero attached hydrogens (tertiary/aromatic N) is 2. The van der Waals surface area contributed by atoms with E-state index in [-0.39, 0.29) is 15.5 Å². The predicted molar refractivity (Wildman–Crippen MR) is 99.4 cm³/mol. The fraction of sp³-hybridized carbons (Fsp3) is 0.333. The van der Waals surface area contributed by atoms with Crippen molar-refractivity contribution in [3.8, 4) is 5.75 Å². The third-order valence-electron chi connectivity index (χ3n) is 3.82. The van der Waals surface area contributed by atoms with Crippen LogP contribution in [0.25, 0.3) is 0 Å². The summed E-state index contributed by atoms with van der Waals surface area (Å²) in [6.45, 7) is 0.740. The third kappa shape index (κ3) is 4.64. The molecule has 1 aromatic carbocycles. The van der Waals surface area contributed by atoms with E-state index in [2.05, 4.69) is 25.2 Å². The molecule has 1 aliphatic heterocycles. The molecule has 11 heteroatoms. The lowest BCUT2D eigenvalue weighted by atomic mass is 10.1. The van der Waals surface area contributed by atoms with E-state index < -0.39 is 12.3 Å². The lowest BCUT2D eigenvalue weighted by Gasteiger charge is -2.35. The van der Waals surface area contributed by atoms with Gasteiger partial charge in [-0.3, -0.25) is 5.32 Å². The molecule has 0 saturated carbocycles. The Morgan fingerprint density at radius 1 is 1.35 bits per heavy atom. The molecule has 3 rings (SSSR count). The number of carbonyl (C=O) groups is 1. The van der Waals surface area contributed by atoms with E-state index in [0.717, 1.165) is 31.5 Å². The zero-order valence-electron chi connectivity index (χ0n) is 13.6. The highest BCUT2D eigenvalue weighted by Gasteiger charge is 2.24. The number of hydrogen-bond donors (Lipinski definition) is 4. The van der Waals surface area contributed by atoms with E-state index in [1.165, 1.54) is 0 Å². The molecule has 0 bridgehead atoms. The van der Waals surface area contributed by atoms with Gasteiger partial charge in [0.1, 0.15) is 5.75 Å². The van der Waals surface area contributed by atoms with Gasteiger partial charge in [-0.2, -0.15) is 4.98 Å². The van der Waals surface area contributed by atoms with Gasteiger partial charge in [0, 0.05) is 18.3 Å². The monoisotopic (exact) mass is 395 g/mol. The second-order valence-corrected chi connectivity index (χ2v) is 6.40. The molecule has 0 spiro atoms. The number of H-pyrrole nitrogens is 2. The zero-order valence-corrected chi connectivity index (χ0v) is 15.2. The van der Waals surface area contributed by atoms with Gasteiger partial charge in [-0.25, -0.2) is 14.9 Å². The predicted octanol–water partition coefficient (Wildman–Crippen LogP) is 3.61. The van der Waals surface area contributed by atoms with Gasteiger partial charge in [-0.05, 0) is 55.8 Å². The van der Waals surface area contributed by atoms with Gasteiger partial charge in [0.2, 0.25) is 10.7 Å². The van der Waals surface area contributed by atoms with Gasteiger partial charge in [0.25, 0.3) is 0 Å². The average Bonchev–Trinajstić information content (AvgIpc) is 2.61. The standard InChI is InChI=1S/C15H17N5O4S2/c21-15(18-12-16-13(25)19-14(26)17-12)23-10-5-3-4-9(8-10)20-7-2-1-6-11(20)24-22/h3-5,8,11,22H,1-2,6-7H2,(H3,16,17,18,19,21,25,26). The summed E-state index contributed by atoms with van der Waals surface area (Å²) in [5.74, 6) is 0.423. The Labute approximate surface area is 158 Å². The SMILES string of the molecule is O=C(Nc1nc(=S)[nH]c(=S)[nH]1)Oc1cccc(N2CCCCC2OO)c1. The summed E-state index contributed by atoms with van der Waals surface area (Å²) in [6.07, 6.45) is 1.54. The molecule has 1 unspecified atom stereocenters. The van der Waals surface area contributed by atoms with Crippen molar-refractivity contribution in [2.75, 3.05) is 16.8 Å². The number of piperidine rings is 1. The average molecular weight is 395 g/mol. The van der Waals surface area contributed by atoms with Crippen molar-refractivity contribution in [2.45, 2.75) is 25.5 Å². The van der Waals surface area contributed by atoms with Crippen LogP contribution in [0.1, 0.15) is 19.3 Å². The second-order valence-electron chi connectivity index (χ2n) is 5.61. The maximum absolute atomic E-state index is 12.1. The minimum atomic E-state index is -0.741. The molecule has 0 aliphatic carbocycles. The largest absolute Gasteiger partial charge is 0.419 e. The highest BCUT2D eigenvalue weighted by atomic mass is 32.1. The molecular formula is C15H17N5O4S2. The number of aromatic nitrogens is 3. The number of aromatic amines is 2. The summed E-state index contributed by atoms with van der Waals surface area (Å²) >= 11 is 9.83.